The van der Waals surface area contributed by atoms with E-state index in [1.807, 2.05) is 37.4 Å². The van der Waals surface area contributed by atoms with Crippen LogP contribution < -0.4 is 0 Å². The third-order valence-corrected chi connectivity index (χ3v) is 3.85. The van der Waals surface area contributed by atoms with E-state index in [-0.39, 0.29) is 5.78 Å². The Kier molecular flexibility index (Phi) is 4.54. The van der Waals surface area contributed by atoms with E-state index in [0.29, 0.717) is 5.56 Å². The van der Waals surface area contributed by atoms with Gasteiger partial charge in [-0.25, -0.2) is 0 Å². The molecule has 0 fully saturated rings. The molecule has 0 amide bonds. The maximum Gasteiger partial charge on any atom is 0.186 e. The maximum absolute atomic E-state index is 12.5. The lowest BCUT2D eigenvalue weighted by Gasteiger charge is -2.12. The van der Waals surface area contributed by atoms with Gasteiger partial charge in [0.15, 0.2) is 5.78 Å². The number of benzene rings is 1. The Morgan fingerprint density at radius 2 is 2.05 bits per heavy atom. The lowest BCUT2D eigenvalue weighted by atomic mass is 9.92. The molecule has 2 aromatic rings. The molecule has 0 aliphatic rings. The van der Waals surface area contributed by atoms with Crippen LogP contribution in [0.15, 0.2) is 47.5 Å². The van der Waals surface area contributed by atoms with E-state index < -0.39 is 5.92 Å². The average Bonchev–Trinajstić information content (AvgIpc) is 2.49. The molecule has 1 aromatic carbocycles. The number of carbonyl (C=O) groups is 1. The molecule has 1 heterocycles. The third-order valence-electron chi connectivity index (χ3n) is 3.04. The number of thioether (sulfide) groups is 1. The molecule has 1 unspecified atom stereocenters. The summed E-state index contributed by atoms with van der Waals surface area (Å²) in [7, 11) is 0. The number of ketones is 1. The first-order valence-electron chi connectivity index (χ1n) is 6.16. The van der Waals surface area contributed by atoms with Crippen LogP contribution in [0, 0.1) is 18.3 Å². The summed E-state index contributed by atoms with van der Waals surface area (Å²) in [4.78, 5) is 17.6. The van der Waals surface area contributed by atoms with E-state index in [4.69, 9.17) is 0 Å². The summed E-state index contributed by atoms with van der Waals surface area (Å²) in [6.45, 7) is 1.86. The summed E-state index contributed by atoms with van der Waals surface area (Å²) < 4.78 is 0. The van der Waals surface area contributed by atoms with Gasteiger partial charge in [-0.3, -0.25) is 9.78 Å². The van der Waals surface area contributed by atoms with Gasteiger partial charge >= 0.3 is 0 Å². The quantitative estimate of drug-likeness (QED) is 0.635. The van der Waals surface area contributed by atoms with Crippen LogP contribution in [-0.4, -0.2) is 17.0 Å². The molecule has 0 N–H and O–H groups in total. The number of nitriles is 1. The van der Waals surface area contributed by atoms with Crippen molar-refractivity contribution < 1.29 is 4.79 Å². The van der Waals surface area contributed by atoms with Gasteiger partial charge in [0.25, 0.3) is 0 Å². The molecule has 0 saturated carbocycles. The maximum atomic E-state index is 12.5. The zero-order chi connectivity index (χ0) is 14.5. The molecule has 1 aromatic heterocycles. The van der Waals surface area contributed by atoms with Gasteiger partial charge in [0, 0.05) is 22.3 Å². The van der Waals surface area contributed by atoms with Crippen molar-refractivity contribution in [3.63, 3.8) is 0 Å². The van der Waals surface area contributed by atoms with E-state index in [9.17, 15) is 10.1 Å². The SMILES string of the molecule is CSc1ccccc1C(C#N)C(=O)c1ccc(C)nc1. The van der Waals surface area contributed by atoms with E-state index in [1.165, 1.54) is 18.0 Å². The first-order valence-corrected chi connectivity index (χ1v) is 7.39. The van der Waals surface area contributed by atoms with Gasteiger partial charge in [0.05, 0.1) is 6.07 Å². The highest BCUT2D eigenvalue weighted by atomic mass is 32.2. The fourth-order valence-electron chi connectivity index (χ4n) is 1.95. The molecular weight excluding hydrogens is 268 g/mol. The van der Waals surface area contributed by atoms with Crippen molar-refractivity contribution in [1.82, 2.24) is 4.98 Å². The standard InChI is InChI=1S/C16H14N2OS/c1-11-7-8-12(10-18-11)16(19)14(9-17)13-5-3-4-6-15(13)20-2/h3-8,10,14H,1-2H3. The van der Waals surface area contributed by atoms with Crippen LogP contribution in [0.25, 0.3) is 0 Å². The summed E-state index contributed by atoms with van der Waals surface area (Å²) in [5.41, 5.74) is 2.07. The molecule has 4 heteroatoms. The Hall–Kier alpha value is -2.12. The summed E-state index contributed by atoms with van der Waals surface area (Å²) in [6, 6.07) is 13.1. The van der Waals surface area contributed by atoms with Crippen molar-refractivity contribution in [3.8, 4) is 6.07 Å². The first-order chi connectivity index (χ1) is 9.67. The Labute approximate surface area is 122 Å². The van der Waals surface area contributed by atoms with Crippen LogP contribution in [-0.2, 0) is 0 Å². The summed E-state index contributed by atoms with van der Waals surface area (Å²) in [5.74, 6) is -0.996. The van der Waals surface area contributed by atoms with Crippen LogP contribution in [0.2, 0.25) is 0 Å². The first kappa shape index (κ1) is 14.3. The fraction of sp³-hybridized carbons (Fsp3) is 0.188. The predicted molar refractivity (Wildman–Crippen MR) is 79.9 cm³/mol. The second kappa shape index (κ2) is 6.36. The van der Waals surface area contributed by atoms with E-state index in [0.717, 1.165) is 16.2 Å². The smallest absolute Gasteiger partial charge is 0.186 e. The number of hydrogen-bond donors (Lipinski definition) is 0. The molecule has 0 aliphatic heterocycles. The number of rotatable bonds is 4. The molecule has 0 bridgehead atoms. The molecular formula is C16H14N2OS. The van der Waals surface area contributed by atoms with E-state index in [2.05, 4.69) is 11.1 Å². The topological polar surface area (TPSA) is 53.8 Å². The summed E-state index contributed by atoms with van der Waals surface area (Å²) in [5, 5.41) is 9.39. The van der Waals surface area contributed by atoms with Crippen LogP contribution in [0.1, 0.15) is 27.5 Å². The van der Waals surface area contributed by atoms with Gasteiger partial charge in [-0.1, -0.05) is 18.2 Å². The number of pyridine rings is 1. The number of nitrogens with zero attached hydrogens (tertiary/aromatic N) is 2. The van der Waals surface area contributed by atoms with Gasteiger partial charge in [0.1, 0.15) is 5.92 Å². The fourth-order valence-corrected chi connectivity index (χ4v) is 2.59. The number of hydrogen-bond acceptors (Lipinski definition) is 4. The lowest BCUT2D eigenvalue weighted by molar-refractivity contribution is 0.0977. The van der Waals surface area contributed by atoms with E-state index in [1.54, 1.807) is 12.1 Å². The number of Topliss-reactive ketones (excluding diaryl/α,β-unsaturated/α-hetero) is 1. The highest BCUT2D eigenvalue weighted by Crippen LogP contribution is 2.29. The largest absolute Gasteiger partial charge is 0.292 e. The molecule has 2 rings (SSSR count). The average molecular weight is 282 g/mol. The highest BCUT2D eigenvalue weighted by molar-refractivity contribution is 7.98. The Morgan fingerprint density at radius 3 is 2.65 bits per heavy atom. The van der Waals surface area contributed by atoms with Gasteiger partial charge in [-0.15, -0.1) is 11.8 Å². The van der Waals surface area contributed by atoms with Crippen LogP contribution in [0.5, 0.6) is 0 Å². The zero-order valence-corrected chi connectivity index (χ0v) is 12.1. The normalized spacial score (nSPS) is 11.7. The van der Waals surface area contributed by atoms with Crippen molar-refractivity contribution >= 4 is 17.5 Å². The Bertz CT molecular complexity index is 659. The van der Waals surface area contributed by atoms with Crippen LogP contribution in [0.3, 0.4) is 0 Å². The van der Waals surface area contributed by atoms with Gasteiger partial charge in [0.2, 0.25) is 0 Å². The second-order valence-electron chi connectivity index (χ2n) is 4.36. The minimum Gasteiger partial charge on any atom is -0.292 e. The minimum absolute atomic E-state index is 0.207. The Morgan fingerprint density at radius 1 is 1.30 bits per heavy atom. The molecule has 0 spiro atoms. The van der Waals surface area contributed by atoms with Crippen molar-refractivity contribution in [1.29, 1.82) is 5.26 Å². The molecule has 1 atom stereocenters. The number of carbonyl (C=O) groups excluding carboxylic acids is 1. The lowest BCUT2D eigenvalue weighted by Crippen LogP contribution is -2.12. The second-order valence-corrected chi connectivity index (χ2v) is 5.20. The summed E-state index contributed by atoms with van der Waals surface area (Å²) >= 11 is 1.54. The van der Waals surface area contributed by atoms with Gasteiger partial charge in [-0.2, -0.15) is 5.26 Å². The van der Waals surface area contributed by atoms with Crippen LogP contribution >= 0.6 is 11.8 Å². The van der Waals surface area contributed by atoms with Crippen molar-refractivity contribution in [2.24, 2.45) is 0 Å². The number of aromatic nitrogens is 1. The monoisotopic (exact) mass is 282 g/mol. The minimum atomic E-state index is -0.789. The molecule has 3 nitrogen and oxygen atoms in total. The molecule has 100 valence electrons. The van der Waals surface area contributed by atoms with Crippen LogP contribution in [0.4, 0.5) is 0 Å². The predicted octanol–water partition coefficient (Wildman–Crippen LogP) is 3.60. The zero-order valence-electron chi connectivity index (χ0n) is 11.3. The Balaban J connectivity index is 2.40. The molecule has 0 radical (unpaired) electrons. The third kappa shape index (κ3) is 2.89. The van der Waals surface area contributed by atoms with Gasteiger partial charge in [-0.05, 0) is 36.9 Å². The highest BCUT2D eigenvalue weighted by Gasteiger charge is 2.24. The van der Waals surface area contributed by atoms with E-state index >= 15 is 0 Å². The van der Waals surface area contributed by atoms with Crippen molar-refractivity contribution in [2.45, 2.75) is 17.7 Å². The number of aryl methyl sites for hydroxylation is 1. The summed E-state index contributed by atoms with van der Waals surface area (Å²) in [6.07, 6.45) is 3.47. The molecule has 0 saturated heterocycles. The molecule has 0 aliphatic carbocycles. The van der Waals surface area contributed by atoms with Gasteiger partial charge < -0.3 is 0 Å². The van der Waals surface area contributed by atoms with Crippen molar-refractivity contribution in [3.05, 3.63) is 59.4 Å². The molecule has 20 heavy (non-hydrogen) atoms. The van der Waals surface area contributed by atoms with Crippen molar-refractivity contribution in [2.75, 3.05) is 6.26 Å².